The Morgan fingerprint density at radius 2 is 2.25 bits per heavy atom. The Morgan fingerprint density at radius 1 is 1.56 bits per heavy atom. The first-order valence-electron chi connectivity index (χ1n) is 5.08. The van der Waals surface area contributed by atoms with Gasteiger partial charge < -0.3 is 21.9 Å². The van der Waals surface area contributed by atoms with Gasteiger partial charge in [0.1, 0.15) is 0 Å². The SMILES string of the molecule is CC(CO)CNc1cc(N)ccc1C(N)=O. The normalized spacial score (nSPS) is 12.1. The van der Waals surface area contributed by atoms with Crippen LogP contribution in [0.3, 0.4) is 0 Å². The summed E-state index contributed by atoms with van der Waals surface area (Å²) in [5, 5.41) is 11.9. The number of aliphatic hydroxyl groups excluding tert-OH is 1. The number of carbonyl (C=O) groups excluding carboxylic acids is 1. The number of nitrogens with one attached hydrogen (secondary N) is 1. The van der Waals surface area contributed by atoms with Gasteiger partial charge in [-0.05, 0) is 24.1 Å². The first-order valence-corrected chi connectivity index (χ1v) is 5.08. The molecule has 5 nitrogen and oxygen atoms in total. The minimum Gasteiger partial charge on any atom is -0.399 e. The van der Waals surface area contributed by atoms with Gasteiger partial charge in [0.15, 0.2) is 0 Å². The van der Waals surface area contributed by atoms with Gasteiger partial charge >= 0.3 is 0 Å². The summed E-state index contributed by atoms with van der Waals surface area (Å²) in [5.74, 6) is -0.402. The molecule has 1 rings (SSSR count). The molecule has 1 aromatic rings. The van der Waals surface area contributed by atoms with Gasteiger partial charge in [-0.25, -0.2) is 0 Å². The second kappa shape index (κ2) is 5.37. The standard InChI is InChI=1S/C11H17N3O2/c1-7(6-15)5-14-10-4-8(12)2-3-9(10)11(13)16/h2-4,7,14-15H,5-6,12H2,1H3,(H2,13,16). The van der Waals surface area contributed by atoms with Gasteiger partial charge in [-0.1, -0.05) is 6.92 Å². The summed E-state index contributed by atoms with van der Waals surface area (Å²) in [6.07, 6.45) is 0. The van der Waals surface area contributed by atoms with Crippen LogP contribution in [0.2, 0.25) is 0 Å². The zero-order chi connectivity index (χ0) is 12.1. The van der Waals surface area contributed by atoms with Crippen LogP contribution in [0.1, 0.15) is 17.3 Å². The number of hydrogen-bond donors (Lipinski definition) is 4. The quantitative estimate of drug-likeness (QED) is 0.543. The number of primary amides is 1. The zero-order valence-corrected chi connectivity index (χ0v) is 9.23. The number of anilines is 2. The average Bonchev–Trinajstić information content (AvgIpc) is 2.25. The van der Waals surface area contributed by atoms with Crippen molar-refractivity contribution in [2.24, 2.45) is 11.7 Å². The van der Waals surface area contributed by atoms with Crippen LogP contribution in [-0.2, 0) is 0 Å². The molecule has 1 amide bonds. The maximum Gasteiger partial charge on any atom is 0.250 e. The number of nitrogens with two attached hydrogens (primary N) is 2. The molecule has 1 unspecified atom stereocenters. The molecule has 0 spiro atoms. The van der Waals surface area contributed by atoms with Crippen molar-refractivity contribution in [3.8, 4) is 0 Å². The van der Waals surface area contributed by atoms with Crippen molar-refractivity contribution in [2.45, 2.75) is 6.92 Å². The van der Waals surface area contributed by atoms with Crippen molar-refractivity contribution >= 4 is 17.3 Å². The molecule has 6 N–H and O–H groups in total. The van der Waals surface area contributed by atoms with Crippen LogP contribution < -0.4 is 16.8 Å². The highest BCUT2D eigenvalue weighted by atomic mass is 16.3. The second-order valence-corrected chi connectivity index (χ2v) is 3.84. The lowest BCUT2D eigenvalue weighted by Gasteiger charge is -2.13. The third-order valence-corrected chi connectivity index (χ3v) is 2.26. The molecule has 0 fully saturated rings. The van der Waals surface area contributed by atoms with Gasteiger partial charge in [0, 0.05) is 24.5 Å². The molecule has 0 aromatic heterocycles. The molecule has 0 aliphatic heterocycles. The molecule has 88 valence electrons. The van der Waals surface area contributed by atoms with E-state index in [-0.39, 0.29) is 12.5 Å². The molecule has 1 atom stereocenters. The monoisotopic (exact) mass is 223 g/mol. The number of benzene rings is 1. The Morgan fingerprint density at radius 3 is 2.81 bits per heavy atom. The molecule has 1 aromatic carbocycles. The van der Waals surface area contributed by atoms with Gasteiger partial charge in [-0.2, -0.15) is 0 Å². The molecule has 16 heavy (non-hydrogen) atoms. The summed E-state index contributed by atoms with van der Waals surface area (Å²) in [6.45, 7) is 2.53. The molecular weight excluding hydrogens is 206 g/mol. The Bertz CT molecular complexity index is 379. The highest BCUT2D eigenvalue weighted by Gasteiger charge is 2.09. The van der Waals surface area contributed by atoms with Gasteiger partial charge in [-0.15, -0.1) is 0 Å². The fraction of sp³-hybridized carbons (Fsp3) is 0.364. The van der Waals surface area contributed by atoms with Crippen molar-refractivity contribution in [1.29, 1.82) is 0 Å². The maximum absolute atomic E-state index is 11.1. The Kier molecular flexibility index (Phi) is 4.13. The molecule has 0 saturated carbocycles. The summed E-state index contributed by atoms with van der Waals surface area (Å²) >= 11 is 0. The van der Waals surface area contributed by atoms with Crippen molar-refractivity contribution in [3.05, 3.63) is 23.8 Å². The number of amides is 1. The second-order valence-electron chi connectivity index (χ2n) is 3.84. The number of rotatable bonds is 5. The number of hydrogen-bond acceptors (Lipinski definition) is 4. The minimum atomic E-state index is -0.501. The minimum absolute atomic E-state index is 0.0845. The van der Waals surface area contributed by atoms with Gasteiger partial charge in [0.2, 0.25) is 0 Å². The predicted octanol–water partition coefficient (Wildman–Crippen LogP) is 0.408. The molecule has 0 aliphatic carbocycles. The van der Waals surface area contributed by atoms with Crippen LogP contribution in [0, 0.1) is 5.92 Å². The van der Waals surface area contributed by atoms with Gasteiger partial charge in [0.05, 0.1) is 5.56 Å². The molecule has 0 heterocycles. The lowest BCUT2D eigenvalue weighted by molar-refractivity contribution is 0.100. The largest absolute Gasteiger partial charge is 0.399 e. The van der Waals surface area contributed by atoms with E-state index in [1.165, 1.54) is 0 Å². The average molecular weight is 223 g/mol. The van der Waals surface area contributed by atoms with Crippen molar-refractivity contribution < 1.29 is 9.90 Å². The highest BCUT2D eigenvalue weighted by Crippen LogP contribution is 2.19. The summed E-state index contributed by atoms with van der Waals surface area (Å²) in [5.41, 5.74) is 12.4. The molecule has 0 radical (unpaired) electrons. The summed E-state index contributed by atoms with van der Waals surface area (Å²) < 4.78 is 0. The lowest BCUT2D eigenvalue weighted by Crippen LogP contribution is -2.19. The van der Waals surface area contributed by atoms with Crippen LogP contribution in [0.4, 0.5) is 11.4 Å². The van der Waals surface area contributed by atoms with Crippen molar-refractivity contribution in [1.82, 2.24) is 0 Å². The molecule has 0 aliphatic rings. The number of nitrogen functional groups attached to an aromatic ring is 1. The third-order valence-electron chi connectivity index (χ3n) is 2.26. The zero-order valence-electron chi connectivity index (χ0n) is 9.23. The maximum atomic E-state index is 11.1. The molecule has 5 heteroatoms. The van der Waals surface area contributed by atoms with Crippen LogP contribution in [0.5, 0.6) is 0 Å². The van der Waals surface area contributed by atoms with Crippen molar-refractivity contribution in [3.63, 3.8) is 0 Å². The van der Waals surface area contributed by atoms with Crippen molar-refractivity contribution in [2.75, 3.05) is 24.2 Å². The van der Waals surface area contributed by atoms with Crippen LogP contribution in [0.25, 0.3) is 0 Å². The van der Waals surface area contributed by atoms with Crippen LogP contribution >= 0.6 is 0 Å². The number of carbonyl (C=O) groups is 1. The van der Waals surface area contributed by atoms with E-state index in [4.69, 9.17) is 16.6 Å². The smallest absolute Gasteiger partial charge is 0.250 e. The molecule has 0 bridgehead atoms. The van der Waals surface area contributed by atoms with Gasteiger partial charge in [0.25, 0.3) is 5.91 Å². The fourth-order valence-corrected chi connectivity index (χ4v) is 1.27. The van der Waals surface area contributed by atoms with E-state index in [1.54, 1.807) is 18.2 Å². The molecule has 0 saturated heterocycles. The Hall–Kier alpha value is -1.75. The van der Waals surface area contributed by atoms with E-state index in [0.717, 1.165) is 0 Å². The summed E-state index contributed by atoms with van der Waals surface area (Å²) in [4.78, 5) is 11.1. The van der Waals surface area contributed by atoms with Gasteiger partial charge in [-0.3, -0.25) is 4.79 Å². The molecular formula is C11H17N3O2. The first-order chi connectivity index (χ1) is 7.54. The highest BCUT2D eigenvalue weighted by molar-refractivity contribution is 5.99. The van der Waals surface area contributed by atoms with E-state index >= 15 is 0 Å². The topological polar surface area (TPSA) is 101 Å². The third kappa shape index (κ3) is 3.13. The Labute approximate surface area is 94.4 Å². The Balaban J connectivity index is 2.84. The van der Waals surface area contributed by atoms with Crippen LogP contribution in [-0.4, -0.2) is 24.2 Å². The van der Waals surface area contributed by atoms with E-state index < -0.39 is 5.91 Å². The number of aliphatic hydroxyl groups is 1. The van der Waals surface area contributed by atoms with E-state index in [1.807, 2.05) is 6.92 Å². The van der Waals surface area contributed by atoms with E-state index in [2.05, 4.69) is 5.32 Å². The van der Waals surface area contributed by atoms with E-state index in [0.29, 0.717) is 23.5 Å². The summed E-state index contributed by atoms with van der Waals surface area (Å²) in [6, 6.07) is 4.87. The van der Waals surface area contributed by atoms with Crippen LogP contribution in [0.15, 0.2) is 18.2 Å². The lowest BCUT2D eigenvalue weighted by atomic mass is 10.1. The first kappa shape index (κ1) is 12.3. The fourth-order valence-electron chi connectivity index (χ4n) is 1.27. The summed E-state index contributed by atoms with van der Waals surface area (Å²) in [7, 11) is 0. The van der Waals surface area contributed by atoms with E-state index in [9.17, 15) is 4.79 Å². The predicted molar refractivity (Wildman–Crippen MR) is 64.1 cm³/mol.